The quantitative estimate of drug-likeness (QED) is 0.262. The van der Waals surface area contributed by atoms with Gasteiger partial charge >= 0.3 is 12.6 Å². The second-order valence-electron chi connectivity index (χ2n) is 3.33. The Bertz CT molecular complexity index is 161. The van der Waals surface area contributed by atoms with Crippen molar-refractivity contribution in [2.45, 2.75) is 0 Å². The maximum atomic E-state index is 10.4. The Labute approximate surface area is 71.4 Å². The van der Waals surface area contributed by atoms with Crippen molar-refractivity contribution in [3.63, 3.8) is 0 Å². The number of carbonyl (C=O) groups excluding carboxylic acids is 2. The van der Waals surface area contributed by atoms with Gasteiger partial charge in [-0.3, -0.25) is 4.79 Å². The van der Waals surface area contributed by atoms with Crippen LogP contribution in [0.2, 0.25) is 0 Å². The van der Waals surface area contributed by atoms with Crippen molar-refractivity contribution in [1.29, 1.82) is 0 Å². The standard InChI is InChI=1S/C7H14NO4/c1-8(2,3)4-5-11-7(10)12-6-9/h6H,4-5H2,1-3H3/q+1. The average Bonchev–Trinajstić information content (AvgIpc) is 1.84. The van der Waals surface area contributed by atoms with Crippen molar-refractivity contribution in [3.8, 4) is 0 Å². The van der Waals surface area contributed by atoms with Gasteiger partial charge in [-0.1, -0.05) is 0 Å². The first-order valence-corrected chi connectivity index (χ1v) is 3.53. The number of ether oxygens (including phenoxy) is 2. The summed E-state index contributed by atoms with van der Waals surface area (Å²) in [5.74, 6) is 0. The minimum atomic E-state index is -0.946. The van der Waals surface area contributed by atoms with Gasteiger partial charge in [-0.05, 0) is 0 Å². The zero-order chi connectivity index (χ0) is 9.61. The molecule has 0 aromatic carbocycles. The monoisotopic (exact) mass is 176 g/mol. The Balaban J connectivity index is 3.43. The Hall–Kier alpha value is -1.10. The maximum Gasteiger partial charge on any atom is 0.516 e. The van der Waals surface area contributed by atoms with Gasteiger partial charge in [0.1, 0.15) is 13.2 Å². The molecule has 5 heteroatoms. The van der Waals surface area contributed by atoms with E-state index in [2.05, 4.69) is 9.47 Å². The lowest BCUT2D eigenvalue weighted by Gasteiger charge is -2.22. The predicted octanol–water partition coefficient (Wildman–Crippen LogP) is 0.00220. The fraction of sp³-hybridized carbons (Fsp3) is 0.714. The molecule has 70 valence electrons. The number of likely N-dealkylation sites (N-methyl/N-ethyl adjacent to an activating group) is 1. The number of hydrogen-bond acceptors (Lipinski definition) is 4. The number of nitrogens with zero attached hydrogens (tertiary/aromatic N) is 1. The molecule has 0 rings (SSSR count). The molecule has 0 N–H and O–H groups in total. The molecular formula is C7H14NO4+. The number of hydrogen-bond donors (Lipinski definition) is 0. The lowest BCUT2D eigenvalue weighted by molar-refractivity contribution is -0.870. The van der Waals surface area contributed by atoms with Crippen LogP contribution in [-0.4, -0.2) is 51.4 Å². The van der Waals surface area contributed by atoms with Crippen molar-refractivity contribution in [2.24, 2.45) is 0 Å². The van der Waals surface area contributed by atoms with Gasteiger partial charge in [0.2, 0.25) is 0 Å². The van der Waals surface area contributed by atoms with Gasteiger partial charge in [0.15, 0.2) is 0 Å². The molecule has 0 amide bonds. The van der Waals surface area contributed by atoms with E-state index in [0.29, 0.717) is 11.0 Å². The highest BCUT2D eigenvalue weighted by atomic mass is 16.7. The molecule has 0 radical (unpaired) electrons. The van der Waals surface area contributed by atoms with Gasteiger partial charge in [0, 0.05) is 0 Å². The number of quaternary nitrogens is 1. The Morgan fingerprint density at radius 2 is 2.00 bits per heavy atom. The van der Waals surface area contributed by atoms with Crippen LogP contribution in [0.3, 0.4) is 0 Å². The molecule has 0 aliphatic rings. The summed E-state index contributed by atoms with van der Waals surface area (Å²) in [4.78, 5) is 20.1. The molecule has 0 aromatic rings. The molecule has 0 aliphatic carbocycles. The van der Waals surface area contributed by atoms with Crippen LogP contribution in [0.1, 0.15) is 0 Å². The molecule has 0 unspecified atom stereocenters. The normalized spacial score (nSPS) is 10.6. The summed E-state index contributed by atoms with van der Waals surface area (Å²) in [7, 11) is 5.90. The van der Waals surface area contributed by atoms with E-state index < -0.39 is 6.16 Å². The Morgan fingerprint density at radius 3 is 2.42 bits per heavy atom. The lowest BCUT2D eigenvalue weighted by Crippen LogP contribution is -2.38. The van der Waals surface area contributed by atoms with E-state index in [-0.39, 0.29) is 13.1 Å². The van der Waals surface area contributed by atoms with Crippen molar-refractivity contribution >= 4 is 12.6 Å². The van der Waals surface area contributed by atoms with Crippen LogP contribution in [0.15, 0.2) is 0 Å². The van der Waals surface area contributed by atoms with Gasteiger partial charge in [-0.2, -0.15) is 0 Å². The first-order valence-electron chi connectivity index (χ1n) is 3.53. The van der Waals surface area contributed by atoms with Crippen LogP contribution in [0.25, 0.3) is 0 Å². The van der Waals surface area contributed by atoms with Crippen molar-refractivity contribution < 1.29 is 23.5 Å². The Kier molecular flexibility index (Phi) is 4.28. The fourth-order valence-electron chi connectivity index (χ4n) is 0.476. The summed E-state index contributed by atoms with van der Waals surface area (Å²) < 4.78 is 9.15. The van der Waals surface area contributed by atoms with E-state index in [0.717, 1.165) is 0 Å². The highest BCUT2D eigenvalue weighted by molar-refractivity contribution is 5.69. The number of rotatable bonds is 4. The summed E-state index contributed by atoms with van der Waals surface area (Å²) in [6.07, 6.45) is -0.946. The van der Waals surface area contributed by atoms with E-state index in [1.165, 1.54) is 0 Å². The van der Waals surface area contributed by atoms with Crippen molar-refractivity contribution in [2.75, 3.05) is 34.3 Å². The second kappa shape index (κ2) is 4.71. The van der Waals surface area contributed by atoms with E-state index in [1.807, 2.05) is 21.1 Å². The van der Waals surface area contributed by atoms with Crippen molar-refractivity contribution in [1.82, 2.24) is 0 Å². The first kappa shape index (κ1) is 10.9. The fourth-order valence-corrected chi connectivity index (χ4v) is 0.476. The molecule has 0 bridgehead atoms. The molecule has 0 atom stereocenters. The zero-order valence-corrected chi connectivity index (χ0v) is 7.57. The van der Waals surface area contributed by atoms with Crippen LogP contribution >= 0.6 is 0 Å². The van der Waals surface area contributed by atoms with E-state index in [4.69, 9.17) is 0 Å². The highest BCUT2D eigenvalue weighted by Crippen LogP contribution is 1.90. The molecule has 0 saturated carbocycles. The summed E-state index contributed by atoms with van der Waals surface area (Å²) in [5.41, 5.74) is 0. The summed E-state index contributed by atoms with van der Waals surface area (Å²) in [5, 5.41) is 0. The molecule has 0 saturated heterocycles. The van der Waals surface area contributed by atoms with E-state index >= 15 is 0 Å². The van der Waals surface area contributed by atoms with Crippen LogP contribution in [0, 0.1) is 0 Å². The van der Waals surface area contributed by atoms with Crippen LogP contribution < -0.4 is 0 Å². The lowest BCUT2D eigenvalue weighted by atomic mass is 10.5. The van der Waals surface area contributed by atoms with E-state index in [9.17, 15) is 9.59 Å². The molecule has 12 heavy (non-hydrogen) atoms. The van der Waals surface area contributed by atoms with Crippen molar-refractivity contribution in [3.05, 3.63) is 0 Å². The molecule has 0 spiro atoms. The maximum absolute atomic E-state index is 10.4. The zero-order valence-electron chi connectivity index (χ0n) is 7.57. The molecular weight excluding hydrogens is 162 g/mol. The highest BCUT2D eigenvalue weighted by Gasteiger charge is 2.09. The molecule has 0 aliphatic heterocycles. The van der Waals surface area contributed by atoms with Crippen LogP contribution in [0.4, 0.5) is 4.79 Å². The average molecular weight is 176 g/mol. The largest absolute Gasteiger partial charge is 0.516 e. The third kappa shape index (κ3) is 7.01. The SMILES string of the molecule is C[N+](C)(C)CCOC(=O)OC=O. The van der Waals surface area contributed by atoms with Gasteiger partial charge in [-0.15, -0.1) is 0 Å². The second-order valence-corrected chi connectivity index (χ2v) is 3.33. The van der Waals surface area contributed by atoms with Gasteiger partial charge in [0.25, 0.3) is 0 Å². The summed E-state index contributed by atoms with van der Waals surface area (Å²) in [6.45, 7) is 0.971. The topological polar surface area (TPSA) is 52.6 Å². The third-order valence-electron chi connectivity index (χ3n) is 1.13. The van der Waals surface area contributed by atoms with Gasteiger partial charge < -0.3 is 14.0 Å². The minimum absolute atomic E-state index is 0.0499. The molecule has 0 heterocycles. The van der Waals surface area contributed by atoms with E-state index in [1.54, 1.807) is 0 Å². The van der Waals surface area contributed by atoms with Crippen LogP contribution in [0.5, 0.6) is 0 Å². The van der Waals surface area contributed by atoms with Gasteiger partial charge in [0.05, 0.1) is 21.1 Å². The smallest absolute Gasteiger partial charge is 0.428 e. The Morgan fingerprint density at radius 1 is 1.42 bits per heavy atom. The predicted molar refractivity (Wildman–Crippen MR) is 41.4 cm³/mol. The van der Waals surface area contributed by atoms with Crippen LogP contribution in [-0.2, 0) is 14.3 Å². The molecule has 0 fully saturated rings. The minimum Gasteiger partial charge on any atom is -0.428 e. The third-order valence-corrected chi connectivity index (χ3v) is 1.13. The molecule has 5 nitrogen and oxygen atoms in total. The number of carbonyl (C=O) groups is 2. The summed E-state index contributed by atoms with van der Waals surface area (Å²) in [6, 6.07) is 0. The summed E-state index contributed by atoms with van der Waals surface area (Å²) >= 11 is 0. The molecule has 0 aromatic heterocycles. The van der Waals surface area contributed by atoms with Gasteiger partial charge in [-0.25, -0.2) is 4.79 Å². The first-order chi connectivity index (χ1) is 5.45.